The fourth-order valence-electron chi connectivity index (χ4n) is 3.90. The second kappa shape index (κ2) is 8.63. The Labute approximate surface area is 173 Å². The second-order valence-corrected chi connectivity index (χ2v) is 10.3. The van der Waals surface area contributed by atoms with Crippen molar-refractivity contribution in [1.82, 2.24) is 14.5 Å². The lowest BCUT2D eigenvalue weighted by molar-refractivity contribution is 0.113. The Bertz CT molecular complexity index is 889. The molecule has 1 aromatic carbocycles. The number of sulfonamides is 1. The van der Waals surface area contributed by atoms with Crippen molar-refractivity contribution < 1.29 is 8.42 Å². The van der Waals surface area contributed by atoms with Gasteiger partial charge in [0.05, 0.1) is 4.90 Å². The van der Waals surface area contributed by atoms with Crippen LogP contribution >= 0.6 is 11.3 Å². The Morgan fingerprint density at radius 2 is 1.68 bits per heavy atom. The van der Waals surface area contributed by atoms with Gasteiger partial charge in [-0.15, -0.1) is 0 Å². The van der Waals surface area contributed by atoms with Crippen LogP contribution in [0.15, 0.2) is 27.8 Å². The van der Waals surface area contributed by atoms with E-state index < -0.39 is 10.0 Å². The summed E-state index contributed by atoms with van der Waals surface area (Å²) in [6.45, 7) is 12.0. The topological polar surface area (TPSA) is 52.7 Å². The van der Waals surface area contributed by atoms with Crippen molar-refractivity contribution >= 4 is 21.4 Å². The van der Waals surface area contributed by atoms with Crippen LogP contribution in [0.1, 0.15) is 33.9 Å². The van der Waals surface area contributed by atoms with Gasteiger partial charge in [-0.25, -0.2) is 13.1 Å². The van der Waals surface area contributed by atoms with E-state index in [-0.39, 0.29) is 6.04 Å². The van der Waals surface area contributed by atoms with Gasteiger partial charge in [0.1, 0.15) is 0 Å². The van der Waals surface area contributed by atoms with E-state index in [1.165, 1.54) is 5.56 Å². The van der Waals surface area contributed by atoms with E-state index in [1.54, 1.807) is 11.3 Å². The van der Waals surface area contributed by atoms with Gasteiger partial charge in [0, 0.05) is 38.8 Å². The molecule has 1 fully saturated rings. The van der Waals surface area contributed by atoms with Crippen LogP contribution in [0.2, 0.25) is 0 Å². The molecule has 1 unspecified atom stereocenters. The largest absolute Gasteiger partial charge is 0.304 e. The number of rotatable bonds is 6. The number of nitrogens with zero attached hydrogens (tertiary/aromatic N) is 2. The first-order valence-corrected chi connectivity index (χ1v) is 12.1. The molecule has 0 saturated carbocycles. The fourth-order valence-corrected chi connectivity index (χ4v) is 6.26. The summed E-state index contributed by atoms with van der Waals surface area (Å²) in [7, 11) is -1.46. The van der Waals surface area contributed by atoms with Crippen LogP contribution in [0, 0.1) is 27.7 Å². The minimum Gasteiger partial charge on any atom is -0.304 e. The highest BCUT2D eigenvalue weighted by Crippen LogP contribution is 2.28. The predicted octanol–water partition coefficient (Wildman–Crippen LogP) is 3.25. The molecule has 0 amide bonds. The normalized spacial score (nSPS) is 17.8. The lowest BCUT2D eigenvalue weighted by atomic mass is 10.0. The number of hydrogen-bond donors (Lipinski definition) is 1. The summed E-state index contributed by atoms with van der Waals surface area (Å²) in [5.74, 6) is 0. The second-order valence-electron chi connectivity index (χ2n) is 7.85. The zero-order chi connectivity index (χ0) is 20.5. The minimum atomic E-state index is -3.59. The van der Waals surface area contributed by atoms with Crippen molar-refractivity contribution in [1.29, 1.82) is 0 Å². The SMILES string of the molecule is Cc1cc(C)c(C)c(S(=O)(=O)NCC(c2ccsc2)N2CCN(C)CC2)c1C. The third-order valence-electron chi connectivity index (χ3n) is 5.94. The van der Waals surface area contributed by atoms with Gasteiger partial charge in [0.15, 0.2) is 0 Å². The predicted molar refractivity (Wildman–Crippen MR) is 117 cm³/mol. The molecular formula is C21H31N3O2S2. The molecule has 0 spiro atoms. The van der Waals surface area contributed by atoms with Crippen molar-refractivity contribution in [2.75, 3.05) is 39.8 Å². The number of likely N-dealkylation sites (N-methyl/N-ethyl adjacent to an activating group) is 1. The van der Waals surface area contributed by atoms with Gasteiger partial charge in [-0.2, -0.15) is 11.3 Å². The third kappa shape index (κ3) is 4.49. The van der Waals surface area contributed by atoms with Gasteiger partial charge >= 0.3 is 0 Å². The average molecular weight is 422 g/mol. The van der Waals surface area contributed by atoms with Gasteiger partial charge in [-0.1, -0.05) is 6.07 Å². The highest BCUT2D eigenvalue weighted by atomic mass is 32.2. The number of nitrogens with one attached hydrogen (secondary N) is 1. The van der Waals surface area contributed by atoms with Gasteiger partial charge in [-0.3, -0.25) is 4.90 Å². The third-order valence-corrected chi connectivity index (χ3v) is 8.34. The summed E-state index contributed by atoms with van der Waals surface area (Å²) in [6.07, 6.45) is 0. The minimum absolute atomic E-state index is 0.0567. The maximum atomic E-state index is 13.3. The fraction of sp³-hybridized carbons (Fsp3) is 0.524. The standard InChI is InChI=1S/C21H31N3O2S2/c1-15-12-16(2)18(4)21(17(15)3)28(25,26)22-13-20(19-6-11-27-14-19)24-9-7-23(5)8-10-24/h6,11-12,14,20,22H,7-10,13H2,1-5H3. The molecule has 1 aliphatic rings. The number of hydrogen-bond acceptors (Lipinski definition) is 5. The smallest absolute Gasteiger partial charge is 0.241 e. The lowest BCUT2D eigenvalue weighted by Crippen LogP contribution is -2.48. The van der Waals surface area contributed by atoms with Crippen molar-refractivity contribution in [3.05, 3.63) is 50.7 Å². The maximum absolute atomic E-state index is 13.3. The first-order valence-electron chi connectivity index (χ1n) is 9.72. The Morgan fingerprint density at radius 1 is 1.07 bits per heavy atom. The molecular weight excluding hydrogens is 390 g/mol. The first-order chi connectivity index (χ1) is 13.2. The maximum Gasteiger partial charge on any atom is 0.241 e. The Kier molecular flexibility index (Phi) is 6.61. The first kappa shape index (κ1) is 21.5. The molecule has 0 aliphatic carbocycles. The molecule has 7 heteroatoms. The molecule has 2 heterocycles. The molecule has 1 aliphatic heterocycles. The number of thiophene rings is 1. The van der Waals surface area contributed by atoms with E-state index in [9.17, 15) is 8.42 Å². The van der Waals surface area contributed by atoms with Crippen molar-refractivity contribution in [2.45, 2.75) is 38.6 Å². The van der Waals surface area contributed by atoms with E-state index in [2.05, 4.69) is 44.5 Å². The Morgan fingerprint density at radius 3 is 2.21 bits per heavy atom. The van der Waals surface area contributed by atoms with Crippen LogP contribution in [0.5, 0.6) is 0 Å². The van der Waals surface area contributed by atoms with Gasteiger partial charge in [-0.05, 0) is 79.4 Å². The molecule has 5 nitrogen and oxygen atoms in total. The van der Waals surface area contributed by atoms with Crippen LogP contribution in [-0.4, -0.2) is 58.0 Å². The summed E-state index contributed by atoms with van der Waals surface area (Å²) in [5, 5.41) is 4.19. The summed E-state index contributed by atoms with van der Waals surface area (Å²) >= 11 is 1.66. The van der Waals surface area contributed by atoms with Crippen LogP contribution in [-0.2, 0) is 10.0 Å². The van der Waals surface area contributed by atoms with E-state index >= 15 is 0 Å². The van der Waals surface area contributed by atoms with Crippen molar-refractivity contribution in [3.8, 4) is 0 Å². The van der Waals surface area contributed by atoms with E-state index in [0.717, 1.165) is 48.4 Å². The van der Waals surface area contributed by atoms with Gasteiger partial charge < -0.3 is 4.90 Å². The number of benzene rings is 1. The van der Waals surface area contributed by atoms with Crippen LogP contribution in [0.4, 0.5) is 0 Å². The molecule has 1 atom stereocenters. The van der Waals surface area contributed by atoms with E-state index in [1.807, 2.05) is 27.7 Å². The molecule has 1 N–H and O–H groups in total. The summed E-state index contributed by atoms with van der Waals surface area (Å²) in [6, 6.07) is 4.22. The van der Waals surface area contributed by atoms with Crippen molar-refractivity contribution in [2.24, 2.45) is 0 Å². The molecule has 1 saturated heterocycles. The molecule has 0 radical (unpaired) electrons. The Hall–Kier alpha value is -1.25. The van der Waals surface area contributed by atoms with Gasteiger partial charge in [0.25, 0.3) is 0 Å². The molecule has 2 aromatic rings. The van der Waals surface area contributed by atoms with Crippen LogP contribution in [0.25, 0.3) is 0 Å². The van der Waals surface area contributed by atoms with Crippen LogP contribution < -0.4 is 4.72 Å². The quantitative estimate of drug-likeness (QED) is 0.778. The summed E-state index contributed by atoms with van der Waals surface area (Å²) in [5.41, 5.74) is 4.88. The van der Waals surface area contributed by atoms with Crippen LogP contribution in [0.3, 0.4) is 0 Å². The van der Waals surface area contributed by atoms with E-state index in [4.69, 9.17) is 0 Å². The molecule has 154 valence electrons. The molecule has 0 bridgehead atoms. The lowest BCUT2D eigenvalue weighted by Gasteiger charge is -2.38. The zero-order valence-electron chi connectivity index (χ0n) is 17.4. The number of aryl methyl sites for hydroxylation is 2. The Balaban J connectivity index is 1.85. The van der Waals surface area contributed by atoms with Gasteiger partial charge in [0.2, 0.25) is 10.0 Å². The highest BCUT2D eigenvalue weighted by molar-refractivity contribution is 7.89. The highest BCUT2D eigenvalue weighted by Gasteiger charge is 2.28. The molecule has 3 rings (SSSR count). The molecule has 1 aromatic heterocycles. The summed E-state index contributed by atoms with van der Waals surface area (Å²) < 4.78 is 29.4. The molecule has 28 heavy (non-hydrogen) atoms. The van der Waals surface area contributed by atoms with E-state index in [0.29, 0.717) is 11.4 Å². The average Bonchev–Trinajstić information content (AvgIpc) is 3.16. The zero-order valence-corrected chi connectivity index (χ0v) is 19.1. The monoisotopic (exact) mass is 421 g/mol. The van der Waals surface area contributed by atoms with Crippen molar-refractivity contribution in [3.63, 3.8) is 0 Å². The number of piperazine rings is 1. The summed E-state index contributed by atoms with van der Waals surface area (Å²) in [4.78, 5) is 5.15.